The summed E-state index contributed by atoms with van der Waals surface area (Å²) in [6.07, 6.45) is -3.73. The largest absolute Gasteiger partial charge is 0.507 e. The molecule has 1 heterocycles. The van der Waals surface area contributed by atoms with Crippen molar-refractivity contribution < 1.29 is 54.1 Å². The summed E-state index contributed by atoms with van der Waals surface area (Å²) in [5.41, 5.74) is -3.96. The van der Waals surface area contributed by atoms with Gasteiger partial charge in [-0.1, -0.05) is 19.1 Å². The van der Waals surface area contributed by atoms with Crippen LogP contribution in [0, 0.1) is 0 Å². The number of rotatable bonds is 5. The molecule has 42 heavy (non-hydrogen) atoms. The van der Waals surface area contributed by atoms with E-state index in [4.69, 9.17) is 14.2 Å². The highest BCUT2D eigenvalue weighted by Crippen LogP contribution is 2.57. The van der Waals surface area contributed by atoms with Crippen LogP contribution in [-0.4, -0.2) is 99.3 Å². The lowest BCUT2D eigenvalue weighted by molar-refractivity contribution is -0.258. The fourth-order valence-electron chi connectivity index (χ4n) is 6.59. The van der Waals surface area contributed by atoms with Crippen LogP contribution in [0.3, 0.4) is 0 Å². The lowest BCUT2D eigenvalue weighted by atomic mass is 9.66. The van der Waals surface area contributed by atoms with Gasteiger partial charge in [0.25, 0.3) is 0 Å². The van der Waals surface area contributed by atoms with Crippen LogP contribution in [0.15, 0.2) is 18.2 Å². The first-order chi connectivity index (χ1) is 19.8. The van der Waals surface area contributed by atoms with Gasteiger partial charge in [0.15, 0.2) is 12.1 Å². The van der Waals surface area contributed by atoms with Crippen molar-refractivity contribution >= 4 is 17.5 Å². The normalized spacial score (nSPS) is 30.5. The zero-order valence-corrected chi connectivity index (χ0v) is 24.0. The Balaban J connectivity index is 1.73. The number of hydrogen-bond donors (Lipinski definition) is 5. The van der Waals surface area contributed by atoms with Gasteiger partial charge in [-0.05, 0) is 33.5 Å². The number of fused-ring (bicyclic) bond motifs is 3. The monoisotopic (exact) mass is 585 g/mol. The first kappa shape index (κ1) is 29.9. The molecule has 2 aromatic carbocycles. The molecule has 1 aliphatic heterocycles. The SMILES string of the molecule is CC[C@@]1(O)C[C@H](O[C@H]2C[C@H](N(C)C)[C@H](O)[C@H](C)O2)c2c(O)c3c(c(O)c2[C@H]1C(=O)OC)C(=O)c1cccc(O)c1C3=O. The third-order valence-corrected chi connectivity index (χ3v) is 8.88. The maximum atomic E-state index is 13.7. The minimum Gasteiger partial charge on any atom is -0.507 e. The number of carbonyl (C=O) groups excluding carboxylic acids is 3. The number of aliphatic hydroxyl groups is 2. The summed E-state index contributed by atoms with van der Waals surface area (Å²) < 4.78 is 17.2. The number of likely N-dealkylation sites (N-methyl/N-ethyl adjacent to an activating group) is 1. The molecular formula is C30H35NO11. The molecule has 7 atom stereocenters. The second-order valence-corrected chi connectivity index (χ2v) is 11.4. The molecule has 2 aliphatic carbocycles. The maximum absolute atomic E-state index is 13.7. The number of phenolic OH excluding ortho intramolecular Hbond substituents is 3. The van der Waals surface area contributed by atoms with Gasteiger partial charge in [0, 0.05) is 35.6 Å². The quantitative estimate of drug-likeness (QED) is 0.217. The van der Waals surface area contributed by atoms with Crippen molar-refractivity contribution in [3.63, 3.8) is 0 Å². The van der Waals surface area contributed by atoms with Gasteiger partial charge < -0.3 is 44.6 Å². The van der Waals surface area contributed by atoms with Gasteiger partial charge in [0.1, 0.15) is 23.2 Å². The van der Waals surface area contributed by atoms with Gasteiger partial charge in [-0.2, -0.15) is 0 Å². The minimum atomic E-state index is -1.86. The van der Waals surface area contributed by atoms with E-state index in [0.717, 1.165) is 7.11 Å². The lowest BCUT2D eigenvalue weighted by Gasteiger charge is -2.46. The molecule has 2 aromatic rings. The molecular weight excluding hydrogens is 550 g/mol. The van der Waals surface area contributed by atoms with E-state index in [1.807, 2.05) is 4.90 Å². The zero-order chi connectivity index (χ0) is 30.8. The van der Waals surface area contributed by atoms with Gasteiger partial charge in [0.05, 0.1) is 47.7 Å². The van der Waals surface area contributed by atoms with Crippen molar-refractivity contribution in [3.8, 4) is 17.2 Å². The Morgan fingerprint density at radius 1 is 1.07 bits per heavy atom. The lowest BCUT2D eigenvalue weighted by Crippen LogP contribution is -2.54. The fourth-order valence-corrected chi connectivity index (χ4v) is 6.59. The number of methoxy groups -OCH3 is 1. The number of phenols is 3. The van der Waals surface area contributed by atoms with E-state index >= 15 is 0 Å². The molecule has 0 unspecified atom stereocenters. The smallest absolute Gasteiger partial charge is 0.316 e. The second-order valence-electron chi connectivity index (χ2n) is 11.4. The number of aromatic hydroxyl groups is 3. The van der Waals surface area contributed by atoms with Crippen molar-refractivity contribution in [1.82, 2.24) is 4.90 Å². The molecule has 0 amide bonds. The standard InChI is InChI=1S/C30H35NO11/c1-6-30(39)11-16(42-17-10-14(31(3)4)24(33)12(2)41-17)19-20(23(30)29(38)40-5)28(37)21-22(27(19)36)26(35)18-13(25(21)34)8-7-9-15(18)32/h7-9,12,14,16-17,23-24,32-33,36-37,39H,6,10-11H2,1-5H3/t12-,14-,16-,17-,23-,24+,30+/m0/s1. The van der Waals surface area contributed by atoms with Gasteiger partial charge >= 0.3 is 5.97 Å². The molecule has 0 saturated carbocycles. The van der Waals surface area contributed by atoms with Gasteiger partial charge in [-0.25, -0.2) is 0 Å². The van der Waals surface area contributed by atoms with Crippen molar-refractivity contribution in [2.24, 2.45) is 0 Å². The molecule has 5 rings (SSSR count). The Kier molecular flexibility index (Phi) is 7.57. The number of hydrogen-bond acceptors (Lipinski definition) is 12. The first-order valence-electron chi connectivity index (χ1n) is 13.8. The van der Waals surface area contributed by atoms with Crippen molar-refractivity contribution in [3.05, 3.63) is 51.6 Å². The molecule has 1 saturated heterocycles. The number of ether oxygens (including phenoxy) is 3. The summed E-state index contributed by atoms with van der Waals surface area (Å²) in [5, 5.41) is 56.2. The van der Waals surface area contributed by atoms with Gasteiger partial charge in [-0.15, -0.1) is 0 Å². The van der Waals surface area contributed by atoms with E-state index in [1.165, 1.54) is 18.2 Å². The minimum absolute atomic E-state index is 0.00605. The number of esters is 1. The molecule has 0 bridgehead atoms. The predicted molar refractivity (Wildman–Crippen MR) is 146 cm³/mol. The highest BCUT2D eigenvalue weighted by atomic mass is 16.7. The van der Waals surface area contributed by atoms with E-state index in [1.54, 1.807) is 27.9 Å². The molecule has 226 valence electrons. The summed E-state index contributed by atoms with van der Waals surface area (Å²) in [4.78, 5) is 42.3. The van der Waals surface area contributed by atoms with Crippen LogP contribution in [-0.2, 0) is 19.0 Å². The van der Waals surface area contributed by atoms with Crippen LogP contribution >= 0.6 is 0 Å². The highest BCUT2D eigenvalue weighted by Gasteiger charge is 2.55. The number of aliphatic hydroxyl groups excluding tert-OH is 1. The van der Waals surface area contributed by atoms with Crippen LogP contribution < -0.4 is 0 Å². The predicted octanol–water partition coefficient (Wildman–Crippen LogP) is 1.86. The third-order valence-electron chi connectivity index (χ3n) is 8.88. The summed E-state index contributed by atoms with van der Waals surface area (Å²) in [5.74, 6) is -6.22. The van der Waals surface area contributed by atoms with Crippen LogP contribution in [0.4, 0.5) is 0 Å². The van der Waals surface area contributed by atoms with Crippen LogP contribution in [0.2, 0.25) is 0 Å². The molecule has 12 heteroatoms. The Morgan fingerprint density at radius 3 is 2.33 bits per heavy atom. The third kappa shape index (κ3) is 4.36. The second kappa shape index (κ2) is 10.6. The Hall–Kier alpha value is -3.55. The van der Waals surface area contributed by atoms with Crippen molar-refractivity contribution in [1.29, 1.82) is 0 Å². The zero-order valence-electron chi connectivity index (χ0n) is 24.0. The average Bonchev–Trinajstić information content (AvgIpc) is 2.94. The Bertz CT molecular complexity index is 1470. The molecule has 5 N–H and O–H groups in total. The molecule has 12 nitrogen and oxygen atoms in total. The maximum Gasteiger partial charge on any atom is 0.316 e. The topological polar surface area (TPSA) is 183 Å². The number of benzene rings is 2. The summed E-state index contributed by atoms with van der Waals surface area (Å²) in [6, 6.07) is 3.53. The average molecular weight is 586 g/mol. The van der Waals surface area contributed by atoms with E-state index in [0.29, 0.717) is 0 Å². The summed E-state index contributed by atoms with van der Waals surface area (Å²) in [7, 11) is 4.69. The van der Waals surface area contributed by atoms with E-state index in [9.17, 15) is 39.9 Å². The van der Waals surface area contributed by atoms with Crippen LogP contribution in [0.5, 0.6) is 17.2 Å². The molecule has 0 spiro atoms. The Labute approximate surface area is 242 Å². The molecule has 0 radical (unpaired) electrons. The summed E-state index contributed by atoms with van der Waals surface area (Å²) >= 11 is 0. The van der Waals surface area contributed by atoms with Gasteiger partial charge in [-0.3, -0.25) is 14.4 Å². The van der Waals surface area contributed by atoms with Crippen LogP contribution in [0.25, 0.3) is 0 Å². The number of ketones is 2. The van der Waals surface area contributed by atoms with E-state index in [-0.39, 0.29) is 47.6 Å². The highest BCUT2D eigenvalue weighted by molar-refractivity contribution is 6.31. The fraction of sp³-hybridized carbons (Fsp3) is 0.500. The number of nitrogens with zero attached hydrogens (tertiary/aromatic N) is 1. The first-order valence-corrected chi connectivity index (χ1v) is 13.8. The molecule has 1 fully saturated rings. The van der Waals surface area contributed by atoms with Crippen molar-refractivity contribution in [2.75, 3.05) is 21.2 Å². The van der Waals surface area contributed by atoms with Crippen LogP contribution in [0.1, 0.15) is 88.1 Å². The number of carbonyl (C=O) groups is 3. The summed E-state index contributed by atoms with van der Waals surface area (Å²) in [6.45, 7) is 3.30. The van der Waals surface area contributed by atoms with E-state index < -0.39 is 82.0 Å². The molecule has 0 aromatic heterocycles. The molecule has 3 aliphatic rings. The Morgan fingerprint density at radius 2 is 1.71 bits per heavy atom. The van der Waals surface area contributed by atoms with Crippen molar-refractivity contribution in [2.45, 2.75) is 75.3 Å². The van der Waals surface area contributed by atoms with E-state index in [2.05, 4.69) is 0 Å². The van der Waals surface area contributed by atoms with Gasteiger partial charge in [0.2, 0.25) is 5.78 Å².